The van der Waals surface area contributed by atoms with E-state index >= 15 is 0 Å². The molecule has 144 valence electrons. The summed E-state index contributed by atoms with van der Waals surface area (Å²) in [6.45, 7) is 6.28. The lowest BCUT2D eigenvalue weighted by molar-refractivity contribution is -0.127. The molecule has 0 spiro atoms. The van der Waals surface area contributed by atoms with Crippen LogP contribution in [0.5, 0.6) is 0 Å². The lowest BCUT2D eigenvalue weighted by Gasteiger charge is -2.41. The van der Waals surface area contributed by atoms with Gasteiger partial charge in [-0.25, -0.2) is 0 Å². The van der Waals surface area contributed by atoms with Crippen molar-refractivity contribution in [3.63, 3.8) is 0 Å². The van der Waals surface area contributed by atoms with Gasteiger partial charge in [-0.05, 0) is 43.7 Å². The van der Waals surface area contributed by atoms with Gasteiger partial charge >= 0.3 is 0 Å². The Hall–Kier alpha value is -2.73. The Balaban J connectivity index is 1.45. The first kappa shape index (κ1) is 18.6. The van der Waals surface area contributed by atoms with Crippen molar-refractivity contribution in [3.05, 3.63) is 65.1 Å². The predicted molar refractivity (Wildman–Crippen MR) is 114 cm³/mol. The molecule has 0 radical (unpaired) electrons. The van der Waals surface area contributed by atoms with Crippen LogP contribution >= 0.6 is 11.8 Å². The molecule has 0 unspecified atom stereocenters. The van der Waals surface area contributed by atoms with Crippen molar-refractivity contribution in [1.29, 1.82) is 0 Å². The molecule has 4 rings (SSSR count). The number of amides is 2. The molecule has 0 bridgehead atoms. The van der Waals surface area contributed by atoms with E-state index in [-0.39, 0.29) is 17.9 Å². The van der Waals surface area contributed by atoms with E-state index in [2.05, 4.69) is 48.3 Å². The zero-order valence-electron chi connectivity index (χ0n) is 16.0. The molecule has 2 amide bonds. The summed E-state index contributed by atoms with van der Waals surface area (Å²) in [6.07, 6.45) is 1.48. The molecular weight excluding hydrogens is 370 g/mol. The Morgan fingerprint density at radius 2 is 2.00 bits per heavy atom. The Morgan fingerprint density at radius 1 is 1.18 bits per heavy atom. The van der Waals surface area contributed by atoms with Gasteiger partial charge in [0.15, 0.2) is 0 Å². The van der Waals surface area contributed by atoms with E-state index < -0.39 is 0 Å². The number of thioether (sulfide) groups is 1. The second kappa shape index (κ2) is 7.72. The number of piperazine rings is 1. The number of fused-ring (bicyclic) bond motifs is 1. The number of hydrogen-bond donors (Lipinski definition) is 1. The van der Waals surface area contributed by atoms with Crippen molar-refractivity contribution in [2.45, 2.75) is 24.8 Å². The molecular formula is C22H23N3O2S. The molecule has 1 atom stereocenters. The summed E-state index contributed by atoms with van der Waals surface area (Å²) in [5.74, 6) is -0.323. The van der Waals surface area contributed by atoms with Crippen molar-refractivity contribution in [2.24, 2.45) is 0 Å². The summed E-state index contributed by atoms with van der Waals surface area (Å²) in [7, 11) is 0. The van der Waals surface area contributed by atoms with Crippen LogP contribution in [0.15, 0.2) is 64.4 Å². The van der Waals surface area contributed by atoms with Gasteiger partial charge < -0.3 is 15.1 Å². The zero-order chi connectivity index (χ0) is 19.7. The van der Waals surface area contributed by atoms with Gasteiger partial charge in [0.25, 0.3) is 5.91 Å². The minimum atomic E-state index is -0.219. The minimum absolute atomic E-state index is 0.104. The molecule has 2 aromatic carbocycles. The minimum Gasteiger partial charge on any atom is -0.365 e. The van der Waals surface area contributed by atoms with Crippen LogP contribution in [0.25, 0.3) is 0 Å². The van der Waals surface area contributed by atoms with Crippen molar-refractivity contribution >= 4 is 35.0 Å². The Bertz CT molecular complexity index is 956. The highest BCUT2D eigenvalue weighted by Gasteiger charge is 2.28. The molecule has 28 heavy (non-hydrogen) atoms. The standard InChI is InChI=1S/C22H23N3O2S/c1-15-6-5-7-17(12-15)25-11-10-24(14-16(25)2)21(26)13-20-22(27)23-18-8-3-4-9-19(18)28-20/h3-9,12-13,16H,10-11,14H2,1-2H3,(H,23,27)/b20-13-/t16-/m0/s1. The molecule has 6 heteroatoms. The predicted octanol–water partition coefficient (Wildman–Crippen LogP) is 3.66. The maximum absolute atomic E-state index is 12.8. The third-order valence-corrected chi connectivity index (χ3v) is 6.21. The van der Waals surface area contributed by atoms with Gasteiger partial charge in [-0.3, -0.25) is 9.59 Å². The highest BCUT2D eigenvalue weighted by atomic mass is 32.2. The fraction of sp³-hybridized carbons (Fsp3) is 0.273. The van der Waals surface area contributed by atoms with Crippen LogP contribution in [0.3, 0.4) is 0 Å². The topological polar surface area (TPSA) is 52.6 Å². The second-order valence-corrected chi connectivity index (χ2v) is 8.31. The van der Waals surface area contributed by atoms with Gasteiger partial charge in [0.2, 0.25) is 5.91 Å². The maximum atomic E-state index is 12.8. The van der Waals surface area contributed by atoms with Crippen LogP contribution in [0.2, 0.25) is 0 Å². The van der Waals surface area contributed by atoms with Crippen LogP contribution in [0, 0.1) is 6.92 Å². The van der Waals surface area contributed by atoms with E-state index in [1.54, 1.807) is 0 Å². The number of nitrogens with one attached hydrogen (secondary N) is 1. The van der Waals surface area contributed by atoms with Gasteiger partial charge in [-0.15, -0.1) is 0 Å². The number of carbonyl (C=O) groups is 2. The number of hydrogen-bond acceptors (Lipinski definition) is 4. The number of rotatable bonds is 2. The van der Waals surface area contributed by atoms with E-state index in [1.807, 2.05) is 29.2 Å². The molecule has 0 aliphatic carbocycles. The fourth-order valence-corrected chi connectivity index (χ4v) is 4.57. The number of nitrogens with zero attached hydrogens (tertiary/aromatic N) is 2. The average Bonchev–Trinajstić information content (AvgIpc) is 2.68. The lowest BCUT2D eigenvalue weighted by atomic mass is 10.1. The average molecular weight is 394 g/mol. The Labute approximate surface area is 169 Å². The molecule has 2 aliphatic heterocycles. The van der Waals surface area contributed by atoms with E-state index in [1.165, 1.54) is 29.1 Å². The first-order valence-corrected chi connectivity index (χ1v) is 10.2. The monoisotopic (exact) mass is 393 g/mol. The highest BCUT2D eigenvalue weighted by Crippen LogP contribution is 2.37. The molecule has 0 aromatic heterocycles. The normalized spacial score (nSPS) is 20.7. The van der Waals surface area contributed by atoms with Crippen molar-refractivity contribution < 1.29 is 9.59 Å². The van der Waals surface area contributed by atoms with Crippen LogP contribution in [-0.2, 0) is 9.59 Å². The number of aryl methyl sites for hydroxylation is 1. The summed E-state index contributed by atoms with van der Waals surface area (Å²) in [6, 6.07) is 16.3. The summed E-state index contributed by atoms with van der Waals surface area (Å²) in [5.41, 5.74) is 3.22. The van der Waals surface area contributed by atoms with Crippen molar-refractivity contribution in [2.75, 3.05) is 29.9 Å². The van der Waals surface area contributed by atoms with Crippen LogP contribution < -0.4 is 10.2 Å². The highest BCUT2D eigenvalue weighted by molar-refractivity contribution is 8.04. The Morgan fingerprint density at radius 3 is 2.79 bits per heavy atom. The first-order chi connectivity index (χ1) is 13.5. The van der Waals surface area contributed by atoms with E-state index in [9.17, 15) is 9.59 Å². The first-order valence-electron chi connectivity index (χ1n) is 9.43. The fourth-order valence-electron chi connectivity index (χ4n) is 3.65. The summed E-state index contributed by atoms with van der Waals surface area (Å²) in [5, 5.41) is 2.85. The number of anilines is 2. The van der Waals surface area contributed by atoms with Crippen molar-refractivity contribution in [3.8, 4) is 0 Å². The quantitative estimate of drug-likeness (QED) is 0.791. The molecule has 1 N–H and O–H groups in total. The molecule has 0 saturated carbocycles. The largest absolute Gasteiger partial charge is 0.365 e. The molecule has 5 nitrogen and oxygen atoms in total. The summed E-state index contributed by atoms with van der Waals surface area (Å²) in [4.78, 5) is 30.7. The zero-order valence-corrected chi connectivity index (χ0v) is 16.8. The van der Waals surface area contributed by atoms with Gasteiger partial charge in [0.05, 0.1) is 10.6 Å². The van der Waals surface area contributed by atoms with Crippen LogP contribution in [0.1, 0.15) is 12.5 Å². The molecule has 2 aliphatic rings. The molecule has 2 heterocycles. The van der Waals surface area contributed by atoms with Gasteiger partial charge in [-0.2, -0.15) is 0 Å². The molecule has 1 saturated heterocycles. The molecule has 1 fully saturated rings. The number of carbonyl (C=O) groups excluding carboxylic acids is 2. The van der Waals surface area contributed by atoms with Gasteiger partial charge in [0.1, 0.15) is 0 Å². The lowest BCUT2D eigenvalue weighted by Crippen LogP contribution is -2.53. The third kappa shape index (κ3) is 3.78. The third-order valence-electron chi connectivity index (χ3n) is 5.11. The van der Waals surface area contributed by atoms with Crippen LogP contribution in [-0.4, -0.2) is 42.4 Å². The smallest absolute Gasteiger partial charge is 0.262 e. The van der Waals surface area contributed by atoms with Crippen molar-refractivity contribution in [1.82, 2.24) is 4.90 Å². The van der Waals surface area contributed by atoms with Gasteiger partial charge in [-0.1, -0.05) is 36.0 Å². The number of benzene rings is 2. The van der Waals surface area contributed by atoms with Crippen LogP contribution in [0.4, 0.5) is 11.4 Å². The maximum Gasteiger partial charge on any atom is 0.262 e. The Kier molecular flexibility index (Phi) is 5.13. The number of para-hydroxylation sites is 1. The SMILES string of the molecule is Cc1cccc(N2CCN(C(=O)/C=C3\Sc4ccccc4NC3=O)C[C@@H]2C)c1. The van der Waals surface area contributed by atoms with E-state index in [0.29, 0.717) is 18.0 Å². The van der Waals surface area contributed by atoms with E-state index in [0.717, 1.165) is 17.1 Å². The molecule has 2 aromatic rings. The summed E-state index contributed by atoms with van der Waals surface area (Å²) >= 11 is 1.35. The van der Waals surface area contributed by atoms with Gasteiger partial charge in [0, 0.05) is 42.3 Å². The second-order valence-electron chi connectivity index (χ2n) is 7.23. The van der Waals surface area contributed by atoms with E-state index in [4.69, 9.17) is 0 Å². The summed E-state index contributed by atoms with van der Waals surface area (Å²) < 4.78 is 0.